The Balaban J connectivity index is 1.70. The van der Waals surface area contributed by atoms with E-state index in [1.807, 2.05) is 26.0 Å². The minimum atomic E-state index is -1.20. The monoisotopic (exact) mass is 426 g/mol. The van der Waals surface area contributed by atoms with Crippen LogP contribution in [0.2, 0.25) is 0 Å². The maximum atomic E-state index is 13.4. The number of nitrogens with zero attached hydrogens (tertiary/aromatic N) is 2. The van der Waals surface area contributed by atoms with E-state index in [1.54, 1.807) is 37.4 Å². The smallest absolute Gasteiger partial charge is 0.224 e. The Morgan fingerprint density at radius 1 is 1.23 bits per heavy atom. The Bertz CT molecular complexity index is 1030. The summed E-state index contributed by atoms with van der Waals surface area (Å²) in [6.07, 6.45) is 1.61. The van der Waals surface area contributed by atoms with Crippen molar-refractivity contribution in [3.8, 4) is 11.6 Å². The van der Waals surface area contributed by atoms with E-state index in [4.69, 9.17) is 9.15 Å². The summed E-state index contributed by atoms with van der Waals surface area (Å²) in [6.45, 7) is 6.58. The number of aliphatic hydroxyl groups is 1. The molecule has 0 bridgehead atoms. The van der Waals surface area contributed by atoms with Crippen LogP contribution in [-0.4, -0.2) is 29.1 Å². The SMILES string of the molecule is CCNC(=NCc1cccnc1Oc1cccc(F)c1)NCC(C)(O)c1ccc(C)o1. The number of ether oxygens (including phenoxy) is 1. The Labute approximate surface area is 181 Å². The molecule has 3 N–H and O–H groups in total. The molecule has 1 atom stereocenters. The summed E-state index contributed by atoms with van der Waals surface area (Å²) >= 11 is 0. The zero-order valence-corrected chi connectivity index (χ0v) is 17.9. The lowest BCUT2D eigenvalue weighted by molar-refractivity contribution is 0.0378. The van der Waals surface area contributed by atoms with E-state index in [9.17, 15) is 9.50 Å². The van der Waals surface area contributed by atoms with Crippen molar-refractivity contribution in [3.63, 3.8) is 0 Å². The molecule has 0 aliphatic carbocycles. The molecule has 7 nitrogen and oxygen atoms in total. The highest BCUT2D eigenvalue weighted by atomic mass is 19.1. The standard InChI is InChI=1S/C23H27FN4O3/c1-4-25-22(28-15-23(3,29)20-11-10-16(2)30-20)27-14-17-7-6-12-26-21(17)31-19-9-5-8-18(24)13-19/h5-13,29H,4,14-15H2,1-3H3,(H2,25,27,28). The topological polar surface area (TPSA) is 91.9 Å². The first-order chi connectivity index (χ1) is 14.9. The van der Waals surface area contributed by atoms with Crippen molar-refractivity contribution < 1.29 is 18.7 Å². The van der Waals surface area contributed by atoms with Gasteiger partial charge in [-0.05, 0) is 51.1 Å². The Kier molecular flexibility index (Phi) is 7.25. The molecule has 164 valence electrons. The fraction of sp³-hybridized carbons (Fsp3) is 0.304. The number of aliphatic imine (C=N–C) groups is 1. The van der Waals surface area contributed by atoms with Crippen molar-refractivity contribution in [3.05, 3.63) is 77.6 Å². The first-order valence-corrected chi connectivity index (χ1v) is 10.1. The quantitative estimate of drug-likeness (QED) is 0.374. The molecule has 8 heteroatoms. The number of guanidine groups is 1. The van der Waals surface area contributed by atoms with Crippen LogP contribution in [0.25, 0.3) is 0 Å². The molecule has 1 aromatic carbocycles. The number of pyridine rings is 1. The molecule has 1 unspecified atom stereocenters. The Morgan fingerprint density at radius 2 is 2.06 bits per heavy atom. The van der Waals surface area contributed by atoms with Gasteiger partial charge < -0.3 is 24.9 Å². The van der Waals surface area contributed by atoms with E-state index in [0.29, 0.717) is 29.9 Å². The number of halogens is 1. The molecule has 31 heavy (non-hydrogen) atoms. The summed E-state index contributed by atoms with van der Waals surface area (Å²) < 4.78 is 24.7. The number of furan rings is 1. The van der Waals surface area contributed by atoms with Gasteiger partial charge in [-0.3, -0.25) is 0 Å². The normalized spacial score (nSPS) is 13.5. The van der Waals surface area contributed by atoms with Crippen LogP contribution < -0.4 is 15.4 Å². The highest BCUT2D eigenvalue weighted by Gasteiger charge is 2.27. The highest BCUT2D eigenvalue weighted by Crippen LogP contribution is 2.24. The van der Waals surface area contributed by atoms with Gasteiger partial charge >= 0.3 is 0 Å². The first kappa shape index (κ1) is 22.3. The Hall–Kier alpha value is -3.39. The molecule has 2 heterocycles. The summed E-state index contributed by atoms with van der Waals surface area (Å²) in [4.78, 5) is 8.81. The van der Waals surface area contributed by atoms with Gasteiger partial charge in [0.15, 0.2) is 5.96 Å². The van der Waals surface area contributed by atoms with Crippen LogP contribution >= 0.6 is 0 Å². The van der Waals surface area contributed by atoms with Gasteiger partial charge in [-0.2, -0.15) is 0 Å². The molecular formula is C23H27FN4O3. The second kappa shape index (κ2) is 10.1. The molecule has 3 rings (SSSR count). The minimum Gasteiger partial charge on any atom is -0.463 e. The summed E-state index contributed by atoms with van der Waals surface area (Å²) in [7, 11) is 0. The van der Waals surface area contributed by atoms with Crippen molar-refractivity contribution in [2.24, 2.45) is 4.99 Å². The predicted molar refractivity (Wildman–Crippen MR) is 117 cm³/mol. The van der Waals surface area contributed by atoms with Crippen LogP contribution in [0.4, 0.5) is 4.39 Å². The van der Waals surface area contributed by atoms with Crippen molar-refractivity contribution in [1.82, 2.24) is 15.6 Å². The van der Waals surface area contributed by atoms with Crippen LogP contribution in [0.1, 0.15) is 30.9 Å². The second-order valence-electron chi connectivity index (χ2n) is 7.26. The minimum absolute atomic E-state index is 0.200. The summed E-state index contributed by atoms with van der Waals surface area (Å²) in [5.74, 6) is 2.06. The van der Waals surface area contributed by atoms with Crippen LogP contribution in [0, 0.1) is 12.7 Å². The van der Waals surface area contributed by atoms with E-state index in [2.05, 4.69) is 20.6 Å². The van der Waals surface area contributed by atoms with Crippen LogP contribution in [-0.2, 0) is 12.1 Å². The molecule has 0 aliphatic rings. The lowest BCUT2D eigenvalue weighted by Crippen LogP contribution is -2.44. The molecule has 0 spiro atoms. The van der Waals surface area contributed by atoms with Crippen LogP contribution in [0.3, 0.4) is 0 Å². The van der Waals surface area contributed by atoms with Gasteiger partial charge in [0.2, 0.25) is 5.88 Å². The fourth-order valence-electron chi connectivity index (χ4n) is 2.85. The number of benzene rings is 1. The van der Waals surface area contributed by atoms with Crippen molar-refractivity contribution in [1.29, 1.82) is 0 Å². The largest absolute Gasteiger partial charge is 0.463 e. The third kappa shape index (κ3) is 6.29. The lowest BCUT2D eigenvalue weighted by Gasteiger charge is -2.23. The van der Waals surface area contributed by atoms with Gasteiger partial charge in [-0.1, -0.05) is 12.1 Å². The summed E-state index contributed by atoms with van der Waals surface area (Å²) in [5.41, 5.74) is -0.470. The fourth-order valence-corrected chi connectivity index (χ4v) is 2.85. The molecule has 0 saturated carbocycles. The third-order valence-electron chi connectivity index (χ3n) is 4.48. The molecular weight excluding hydrogens is 399 g/mol. The number of rotatable bonds is 8. The maximum Gasteiger partial charge on any atom is 0.224 e. The molecule has 0 radical (unpaired) electrons. The van der Waals surface area contributed by atoms with Gasteiger partial charge in [-0.25, -0.2) is 14.4 Å². The average Bonchev–Trinajstić information content (AvgIpc) is 3.18. The van der Waals surface area contributed by atoms with Crippen molar-refractivity contribution in [2.45, 2.75) is 32.9 Å². The highest BCUT2D eigenvalue weighted by molar-refractivity contribution is 5.79. The van der Waals surface area contributed by atoms with Gasteiger partial charge in [0.1, 0.15) is 28.7 Å². The van der Waals surface area contributed by atoms with E-state index in [1.165, 1.54) is 12.1 Å². The number of aryl methyl sites for hydroxylation is 1. The van der Waals surface area contributed by atoms with Gasteiger partial charge in [0.25, 0.3) is 0 Å². The number of hydrogen-bond acceptors (Lipinski definition) is 5. The van der Waals surface area contributed by atoms with Crippen molar-refractivity contribution >= 4 is 5.96 Å². The Morgan fingerprint density at radius 3 is 2.77 bits per heavy atom. The van der Waals surface area contributed by atoms with Crippen LogP contribution in [0.5, 0.6) is 11.6 Å². The zero-order valence-electron chi connectivity index (χ0n) is 17.9. The van der Waals surface area contributed by atoms with E-state index < -0.39 is 5.60 Å². The first-order valence-electron chi connectivity index (χ1n) is 10.1. The number of aromatic nitrogens is 1. The van der Waals surface area contributed by atoms with E-state index in [-0.39, 0.29) is 18.9 Å². The predicted octanol–water partition coefficient (Wildman–Crippen LogP) is 3.88. The van der Waals surface area contributed by atoms with Crippen molar-refractivity contribution in [2.75, 3.05) is 13.1 Å². The molecule has 0 fully saturated rings. The lowest BCUT2D eigenvalue weighted by atomic mass is 10.0. The van der Waals surface area contributed by atoms with Crippen LogP contribution in [0.15, 0.2) is 64.1 Å². The van der Waals surface area contributed by atoms with Gasteiger partial charge in [0, 0.05) is 24.4 Å². The summed E-state index contributed by atoms with van der Waals surface area (Å²) in [5, 5.41) is 17.0. The zero-order chi connectivity index (χ0) is 22.3. The number of nitrogens with one attached hydrogen (secondary N) is 2. The average molecular weight is 426 g/mol. The maximum absolute atomic E-state index is 13.4. The van der Waals surface area contributed by atoms with E-state index in [0.717, 1.165) is 11.3 Å². The number of hydrogen-bond donors (Lipinski definition) is 3. The molecule has 0 amide bonds. The third-order valence-corrected chi connectivity index (χ3v) is 4.48. The summed E-state index contributed by atoms with van der Waals surface area (Å²) in [6, 6.07) is 13.1. The molecule has 2 aromatic heterocycles. The molecule has 0 saturated heterocycles. The molecule has 3 aromatic rings. The second-order valence-corrected chi connectivity index (χ2v) is 7.26. The molecule has 0 aliphatic heterocycles. The van der Waals surface area contributed by atoms with Gasteiger partial charge in [0.05, 0.1) is 13.1 Å². The van der Waals surface area contributed by atoms with Gasteiger partial charge in [-0.15, -0.1) is 0 Å². The van der Waals surface area contributed by atoms with E-state index >= 15 is 0 Å².